The molecular formula is C7H6ClNO2S. The molecule has 5 heteroatoms. The average molecular weight is 204 g/mol. The molecule has 12 heavy (non-hydrogen) atoms. The first-order valence-electron chi connectivity index (χ1n) is 3.06. The lowest BCUT2D eigenvalue weighted by Gasteiger charge is -1.98. The predicted molar refractivity (Wildman–Crippen MR) is 48.0 cm³/mol. The van der Waals surface area contributed by atoms with Crippen molar-refractivity contribution in [3.63, 3.8) is 0 Å². The Hall–Kier alpha value is -0.870. The molecule has 1 aromatic heterocycles. The topological polar surface area (TPSA) is 47.0 Å². The second-order valence-corrected chi connectivity index (χ2v) is 4.68. The zero-order valence-electron chi connectivity index (χ0n) is 6.07. The zero-order chi connectivity index (χ0) is 9.19. The molecule has 0 aliphatic heterocycles. The molecule has 0 N–H and O–H groups in total. The lowest BCUT2D eigenvalue weighted by atomic mass is 10.3. The van der Waals surface area contributed by atoms with E-state index in [-0.39, 0.29) is 4.91 Å². The number of hydrogen-bond donors (Lipinski definition) is 0. The Morgan fingerprint density at radius 3 is 2.33 bits per heavy atom. The third-order valence-corrected chi connectivity index (χ3v) is 2.68. The Morgan fingerprint density at radius 1 is 1.42 bits per heavy atom. The molecule has 0 atom stereocenters. The van der Waals surface area contributed by atoms with Crippen LogP contribution >= 0.6 is 10.7 Å². The van der Waals surface area contributed by atoms with Gasteiger partial charge in [-0.2, -0.15) is 0 Å². The van der Waals surface area contributed by atoms with Crippen molar-refractivity contribution in [2.45, 2.75) is 0 Å². The van der Waals surface area contributed by atoms with Gasteiger partial charge in [0.05, 0.1) is 4.91 Å². The van der Waals surface area contributed by atoms with Crippen molar-refractivity contribution in [1.29, 1.82) is 0 Å². The van der Waals surface area contributed by atoms with Gasteiger partial charge >= 0.3 is 0 Å². The van der Waals surface area contributed by atoms with Crippen LogP contribution in [0.1, 0.15) is 5.56 Å². The number of nitrogens with zero attached hydrogens (tertiary/aromatic N) is 1. The molecule has 1 heterocycles. The second-order valence-electron chi connectivity index (χ2n) is 2.10. The molecule has 1 aromatic rings. The normalized spacial score (nSPS) is 11.1. The van der Waals surface area contributed by atoms with E-state index >= 15 is 0 Å². The minimum Gasteiger partial charge on any atom is -0.265 e. The fourth-order valence-corrected chi connectivity index (χ4v) is 1.36. The van der Waals surface area contributed by atoms with Gasteiger partial charge in [0.15, 0.2) is 0 Å². The molecule has 64 valence electrons. The van der Waals surface area contributed by atoms with E-state index in [0.29, 0.717) is 5.56 Å². The van der Waals surface area contributed by atoms with Crippen molar-refractivity contribution < 1.29 is 8.42 Å². The summed E-state index contributed by atoms with van der Waals surface area (Å²) >= 11 is 0. The van der Waals surface area contributed by atoms with E-state index < -0.39 is 9.05 Å². The molecule has 0 aliphatic rings. The highest BCUT2D eigenvalue weighted by atomic mass is 35.7. The lowest BCUT2D eigenvalue weighted by Crippen LogP contribution is -1.92. The Balaban J connectivity index is 3.11. The van der Waals surface area contributed by atoms with E-state index in [0.717, 1.165) is 0 Å². The summed E-state index contributed by atoms with van der Waals surface area (Å²) in [7, 11) is 1.36. The highest BCUT2D eigenvalue weighted by Gasteiger charge is 2.12. The van der Waals surface area contributed by atoms with E-state index in [4.69, 9.17) is 10.7 Å². The van der Waals surface area contributed by atoms with Gasteiger partial charge in [-0.25, -0.2) is 8.42 Å². The molecule has 0 amide bonds. The van der Waals surface area contributed by atoms with Crippen molar-refractivity contribution in [2.24, 2.45) is 0 Å². The Morgan fingerprint density at radius 2 is 1.92 bits per heavy atom. The molecule has 0 unspecified atom stereocenters. The summed E-state index contributed by atoms with van der Waals surface area (Å²) in [5.74, 6) is 0. The summed E-state index contributed by atoms with van der Waals surface area (Å²) in [6.07, 6.45) is 2.95. The third-order valence-electron chi connectivity index (χ3n) is 1.30. The van der Waals surface area contributed by atoms with Gasteiger partial charge in [0.25, 0.3) is 9.05 Å². The Labute approximate surface area is 75.1 Å². The maximum atomic E-state index is 10.8. The molecule has 3 nitrogen and oxygen atoms in total. The van der Waals surface area contributed by atoms with Crippen molar-refractivity contribution in [1.82, 2.24) is 4.98 Å². The first-order chi connectivity index (χ1) is 5.52. The first kappa shape index (κ1) is 9.22. The number of halogens is 1. The van der Waals surface area contributed by atoms with Crippen LogP contribution in [0, 0.1) is 0 Å². The summed E-state index contributed by atoms with van der Waals surface area (Å²) in [6, 6.07) is 3.06. The van der Waals surface area contributed by atoms with E-state index in [1.165, 1.54) is 24.5 Å². The fourth-order valence-electron chi connectivity index (χ4n) is 0.679. The van der Waals surface area contributed by atoms with Gasteiger partial charge in [0.2, 0.25) is 0 Å². The van der Waals surface area contributed by atoms with Gasteiger partial charge in [-0.3, -0.25) is 4.98 Å². The van der Waals surface area contributed by atoms with E-state index in [2.05, 4.69) is 11.6 Å². The molecule has 0 aromatic carbocycles. The standard InChI is InChI=1S/C7H6ClNO2S/c1-6(12(8,10)11)7-2-4-9-5-3-7/h2-5H,1H2. The lowest BCUT2D eigenvalue weighted by molar-refractivity contribution is 0.618. The third kappa shape index (κ3) is 2.06. The second kappa shape index (κ2) is 3.25. The summed E-state index contributed by atoms with van der Waals surface area (Å²) in [4.78, 5) is 3.63. The predicted octanol–water partition coefficient (Wildman–Crippen LogP) is 1.62. The quantitative estimate of drug-likeness (QED) is 0.687. The zero-order valence-corrected chi connectivity index (χ0v) is 7.64. The molecule has 0 radical (unpaired) electrons. The maximum Gasteiger partial charge on any atom is 0.261 e. The van der Waals surface area contributed by atoms with E-state index in [1.54, 1.807) is 0 Å². The number of hydrogen-bond acceptors (Lipinski definition) is 3. The van der Waals surface area contributed by atoms with Crippen LogP contribution in [0.15, 0.2) is 31.1 Å². The molecule has 0 fully saturated rings. The molecule has 0 saturated carbocycles. The van der Waals surface area contributed by atoms with Crippen LogP contribution in [0.5, 0.6) is 0 Å². The highest BCUT2D eigenvalue weighted by molar-refractivity contribution is 8.21. The van der Waals surface area contributed by atoms with Gasteiger partial charge in [-0.15, -0.1) is 0 Å². The maximum absolute atomic E-state index is 10.8. The van der Waals surface area contributed by atoms with Crippen LogP contribution in [-0.2, 0) is 9.05 Å². The smallest absolute Gasteiger partial charge is 0.261 e. The fraction of sp³-hybridized carbons (Fsp3) is 0. The largest absolute Gasteiger partial charge is 0.265 e. The van der Waals surface area contributed by atoms with Crippen molar-refractivity contribution in [2.75, 3.05) is 0 Å². The van der Waals surface area contributed by atoms with Gasteiger partial charge in [-0.1, -0.05) is 6.58 Å². The Bertz CT molecular complexity index is 385. The number of rotatable bonds is 2. The molecule has 0 saturated heterocycles. The van der Waals surface area contributed by atoms with Crippen LogP contribution in [-0.4, -0.2) is 13.4 Å². The van der Waals surface area contributed by atoms with Crippen molar-refractivity contribution in [3.8, 4) is 0 Å². The summed E-state index contributed by atoms with van der Waals surface area (Å²) < 4.78 is 21.6. The van der Waals surface area contributed by atoms with E-state index in [9.17, 15) is 8.42 Å². The summed E-state index contributed by atoms with van der Waals surface area (Å²) in [5, 5.41) is 0. The average Bonchev–Trinajstić information content (AvgIpc) is 2.03. The number of aromatic nitrogens is 1. The Kier molecular flexibility index (Phi) is 2.49. The van der Waals surface area contributed by atoms with Crippen LogP contribution in [0.25, 0.3) is 4.91 Å². The van der Waals surface area contributed by atoms with Gasteiger partial charge < -0.3 is 0 Å². The van der Waals surface area contributed by atoms with Crippen LogP contribution in [0.3, 0.4) is 0 Å². The van der Waals surface area contributed by atoms with Crippen molar-refractivity contribution >= 4 is 24.6 Å². The van der Waals surface area contributed by atoms with Crippen LogP contribution < -0.4 is 0 Å². The molecular weight excluding hydrogens is 198 g/mol. The first-order valence-corrected chi connectivity index (χ1v) is 5.37. The summed E-state index contributed by atoms with van der Waals surface area (Å²) in [5.41, 5.74) is 0.458. The highest BCUT2D eigenvalue weighted by Crippen LogP contribution is 2.20. The number of pyridine rings is 1. The molecule has 1 rings (SSSR count). The molecule has 0 aliphatic carbocycles. The van der Waals surface area contributed by atoms with Gasteiger partial charge in [0, 0.05) is 23.1 Å². The SMILES string of the molecule is C=C(c1ccncc1)S(=O)(=O)Cl. The van der Waals surface area contributed by atoms with Gasteiger partial charge in [0.1, 0.15) is 0 Å². The minimum atomic E-state index is -3.71. The van der Waals surface area contributed by atoms with Gasteiger partial charge in [-0.05, 0) is 17.7 Å². The van der Waals surface area contributed by atoms with Crippen molar-refractivity contribution in [3.05, 3.63) is 36.7 Å². The monoisotopic (exact) mass is 203 g/mol. The van der Waals surface area contributed by atoms with E-state index in [1.807, 2.05) is 0 Å². The van der Waals surface area contributed by atoms with Crippen LogP contribution in [0.4, 0.5) is 0 Å². The molecule has 0 bridgehead atoms. The molecule has 0 spiro atoms. The summed E-state index contributed by atoms with van der Waals surface area (Å²) in [6.45, 7) is 3.35. The van der Waals surface area contributed by atoms with Crippen LogP contribution in [0.2, 0.25) is 0 Å². The minimum absolute atomic E-state index is 0.105.